The van der Waals surface area contributed by atoms with Crippen LogP contribution in [-0.4, -0.2) is 56.6 Å². The molecule has 2 N–H and O–H groups in total. The minimum absolute atomic E-state index is 0.0635. The average molecular weight is 645 g/mol. The van der Waals surface area contributed by atoms with Gasteiger partial charge in [0.25, 0.3) is 5.91 Å². The van der Waals surface area contributed by atoms with Crippen LogP contribution in [0.2, 0.25) is 5.02 Å². The van der Waals surface area contributed by atoms with Crippen LogP contribution in [0.15, 0.2) is 48.6 Å². The van der Waals surface area contributed by atoms with Crippen LogP contribution in [0.4, 0.5) is 5.69 Å². The molecule has 2 aromatic rings. The Kier molecular flexibility index (Phi) is 10.00. The smallest absolute Gasteiger partial charge is 0.264 e. The standard InChI is InChI=1S/C34H45ClN2O6S/c1-22-8-7-16-34(42-4,24(3)38)30-14-11-27(30)20-37-17-6-5-9-25-18-29(35)13-10-28(25)21-43-32-15-12-26(19-31(32)37)33(39)36-44(40,41)23(22)2/h7,10,12-13,15-16,18-19,22-24,27,30,38H,5-6,8-9,11,14,17,20-21H2,1-4H3,(H,36,39)/b16-7+/t22-,23+,24+,27-,30+,34+/m0/s1. The highest BCUT2D eigenvalue weighted by Gasteiger charge is 2.50. The second kappa shape index (κ2) is 13.4. The lowest BCUT2D eigenvalue weighted by Crippen LogP contribution is -2.56. The molecule has 2 aromatic carbocycles. The Bertz CT molecular complexity index is 1490. The number of sulfonamides is 1. The zero-order chi connectivity index (χ0) is 31.6. The minimum Gasteiger partial charge on any atom is -0.487 e. The Morgan fingerprint density at radius 2 is 1.93 bits per heavy atom. The Morgan fingerprint density at radius 1 is 1.14 bits per heavy atom. The van der Waals surface area contributed by atoms with E-state index < -0.39 is 32.9 Å². The van der Waals surface area contributed by atoms with Gasteiger partial charge < -0.3 is 19.5 Å². The van der Waals surface area contributed by atoms with Crippen molar-refractivity contribution in [3.63, 3.8) is 0 Å². The van der Waals surface area contributed by atoms with Crippen LogP contribution in [0.25, 0.3) is 0 Å². The second-order valence-corrected chi connectivity index (χ2v) is 15.2. The van der Waals surface area contributed by atoms with E-state index in [1.165, 1.54) is 0 Å². The summed E-state index contributed by atoms with van der Waals surface area (Å²) in [6, 6.07) is 11.0. The summed E-state index contributed by atoms with van der Waals surface area (Å²) in [7, 11) is -2.32. The highest BCUT2D eigenvalue weighted by molar-refractivity contribution is 7.90. The maximum Gasteiger partial charge on any atom is 0.264 e. The Labute approximate surface area is 266 Å². The van der Waals surface area contributed by atoms with Gasteiger partial charge in [0.2, 0.25) is 10.0 Å². The van der Waals surface area contributed by atoms with Crippen LogP contribution in [0.5, 0.6) is 5.75 Å². The maximum absolute atomic E-state index is 13.4. The molecule has 1 aliphatic carbocycles. The zero-order valence-electron chi connectivity index (χ0n) is 26.1. The van der Waals surface area contributed by atoms with Crippen LogP contribution in [0.3, 0.4) is 0 Å². The van der Waals surface area contributed by atoms with Crippen molar-refractivity contribution in [2.45, 2.75) is 82.9 Å². The first kappa shape index (κ1) is 32.8. The predicted octanol–water partition coefficient (Wildman–Crippen LogP) is 5.90. The quantitative estimate of drug-likeness (QED) is 0.392. The van der Waals surface area contributed by atoms with Gasteiger partial charge in [-0.15, -0.1) is 0 Å². The lowest BCUT2D eigenvalue weighted by atomic mass is 9.62. The van der Waals surface area contributed by atoms with Gasteiger partial charge in [0, 0.05) is 30.8 Å². The van der Waals surface area contributed by atoms with E-state index in [-0.39, 0.29) is 23.3 Å². The van der Waals surface area contributed by atoms with Crippen molar-refractivity contribution in [1.29, 1.82) is 0 Å². The molecule has 0 spiro atoms. The van der Waals surface area contributed by atoms with E-state index >= 15 is 0 Å². The molecule has 2 bridgehead atoms. The number of carbonyl (C=O) groups is 1. The third-order valence-corrected chi connectivity index (χ3v) is 12.3. The van der Waals surface area contributed by atoms with Crippen molar-refractivity contribution in [2.24, 2.45) is 17.8 Å². The number of anilines is 1. The van der Waals surface area contributed by atoms with E-state index in [0.717, 1.165) is 55.5 Å². The number of hydrogen-bond acceptors (Lipinski definition) is 7. The number of nitrogens with one attached hydrogen (secondary N) is 1. The summed E-state index contributed by atoms with van der Waals surface area (Å²) < 4.78 is 41.5. The van der Waals surface area contributed by atoms with Crippen molar-refractivity contribution in [1.82, 2.24) is 4.72 Å². The molecular weight excluding hydrogens is 600 g/mol. The number of aliphatic hydroxyl groups is 1. The fourth-order valence-corrected chi connectivity index (χ4v) is 8.43. The summed E-state index contributed by atoms with van der Waals surface area (Å²) in [5.41, 5.74) is 2.34. The Balaban J connectivity index is 1.59. The van der Waals surface area contributed by atoms with E-state index in [9.17, 15) is 18.3 Å². The third kappa shape index (κ3) is 6.66. The van der Waals surface area contributed by atoms with E-state index in [1.807, 2.05) is 37.3 Å². The molecule has 0 aromatic heterocycles. The Hall–Kier alpha value is -2.59. The predicted molar refractivity (Wildman–Crippen MR) is 174 cm³/mol. The van der Waals surface area contributed by atoms with Crippen LogP contribution in [0.1, 0.15) is 74.4 Å². The summed E-state index contributed by atoms with van der Waals surface area (Å²) in [5, 5.41) is 11.0. The molecule has 3 aliphatic rings. The van der Waals surface area contributed by atoms with Gasteiger partial charge in [-0.1, -0.05) is 36.7 Å². The molecule has 6 atom stereocenters. The number of benzene rings is 2. The highest BCUT2D eigenvalue weighted by atomic mass is 35.5. The highest BCUT2D eigenvalue weighted by Crippen LogP contribution is 2.47. The van der Waals surface area contributed by atoms with Crippen molar-refractivity contribution < 1.29 is 27.8 Å². The first-order chi connectivity index (χ1) is 20.9. The number of aliphatic hydroxyl groups excluding tert-OH is 1. The largest absolute Gasteiger partial charge is 0.487 e. The molecule has 10 heteroatoms. The number of methoxy groups -OCH3 is 1. The second-order valence-electron chi connectivity index (χ2n) is 12.8. The first-order valence-electron chi connectivity index (χ1n) is 15.7. The number of rotatable bonds is 2. The monoisotopic (exact) mass is 644 g/mol. The number of fused-ring (bicyclic) bond motifs is 3. The van der Waals surface area contributed by atoms with Crippen molar-refractivity contribution in [3.8, 4) is 5.75 Å². The topological polar surface area (TPSA) is 105 Å². The molecule has 5 rings (SSSR count). The molecule has 0 saturated heterocycles. The summed E-state index contributed by atoms with van der Waals surface area (Å²) in [6.07, 6.45) is 8.18. The van der Waals surface area contributed by atoms with Gasteiger partial charge in [0.05, 0.1) is 17.0 Å². The fourth-order valence-electron chi connectivity index (χ4n) is 6.95. The molecule has 2 aliphatic heterocycles. The number of ether oxygens (including phenoxy) is 2. The van der Waals surface area contributed by atoms with Gasteiger partial charge in [-0.3, -0.25) is 4.79 Å². The minimum atomic E-state index is -3.96. The number of nitrogens with zero attached hydrogens (tertiary/aromatic N) is 1. The number of allylic oxidation sites excluding steroid dienone is 1. The number of aryl methyl sites for hydroxylation is 1. The SMILES string of the molecule is CO[C@@]1([C@@H](C)O)/C=C/C[C@H](C)[C@@H](C)S(=O)(=O)NC(=O)c2ccc3c(c2)N(CCCCc2cc(Cl)ccc2CO3)C[C@@H]2CC[C@H]21. The molecule has 240 valence electrons. The van der Waals surface area contributed by atoms with E-state index in [0.29, 0.717) is 30.3 Å². The molecular formula is C34H45ClN2O6S. The summed E-state index contributed by atoms with van der Waals surface area (Å²) in [5.74, 6) is -0.0181. The van der Waals surface area contributed by atoms with Crippen molar-refractivity contribution >= 4 is 33.2 Å². The van der Waals surface area contributed by atoms with Gasteiger partial charge in [0.15, 0.2) is 0 Å². The number of carbonyl (C=O) groups excluding carboxylic acids is 1. The van der Waals surface area contributed by atoms with Crippen LogP contribution >= 0.6 is 11.6 Å². The Morgan fingerprint density at radius 3 is 2.64 bits per heavy atom. The average Bonchev–Trinajstić information content (AvgIpc) is 3.00. The normalized spacial score (nSPS) is 30.7. The van der Waals surface area contributed by atoms with Crippen molar-refractivity contribution in [3.05, 3.63) is 70.3 Å². The maximum atomic E-state index is 13.4. The van der Waals surface area contributed by atoms with Gasteiger partial charge in [0.1, 0.15) is 18.0 Å². The van der Waals surface area contributed by atoms with Crippen LogP contribution < -0.4 is 14.4 Å². The van der Waals surface area contributed by atoms with Crippen molar-refractivity contribution in [2.75, 3.05) is 25.1 Å². The van der Waals surface area contributed by atoms with E-state index in [1.54, 1.807) is 39.2 Å². The molecule has 44 heavy (non-hydrogen) atoms. The van der Waals surface area contributed by atoms with Gasteiger partial charge in [-0.25, -0.2) is 13.1 Å². The number of halogens is 1. The molecule has 8 nitrogen and oxygen atoms in total. The fraction of sp³-hybridized carbons (Fsp3) is 0.559. The first-order valence-corrected chi connectivity index (χ1v) is 17.6. The molecule has 1 amide bonds. The lowest BCUT2D eigenvalue weighted by molar-refractivity contribution is -0.136. The molecule has 1 saturated carbocycles. The zero-order valence-corrected chi connectivity index (χ0v) is 27.7. The number of hydrogen-bond donors (Lipinski definition) is 2. The third-order valence-electron chi connectivity index (χ3n) is 10.1. The van der Waals surface area contributed by atoms with Gasteiger partial charge in [-0.2, -0.15) is 0 Å². The van der Waals surface area contributed by atoms with Gasteiger partial charge >= 0.3 is 0 Å². The molecule has 0 radical (unpaired) electrons. The van der Waals surface area contributed by atoms with E-state index in [2.05, 4.69) is 9.62 Å². The summed E-state index contributed by atoms with van der Waals surface area (Å²) in [6.45, 7) is 6.98. The molecule has 1 fully saturated rings. The molecule has 0 unspecified atom stereocenters. The van der Waals surface area contributed by atoms with Crippen LogP contribution in [-0.2, 0) is 27.8 Å². The lowest BCUT2D eigenvalue weighted by Gasteiger charge is -2.51. The molecule has 2 heterocycles. The van der Waals surface area contributed by atoms with Crippen LogP contribution in [0, 0.1) is 17.8 Å². The van der Waals surface area contributed by atoms with Gasteiger partial charge in [-0.05, 0) is 112 Å². The number of amides is 1. The summed E-state index contributed by atoms with van der Waals surface area (Å²) in [4.78, 5) is 15.7. The summed E-state index contributed by atoms with van der Waals surface area (Å²) >= 11 is 6.33. The van der Waals surface area contributed by atoms with E-state index in [4.69, 9.17) is 21.1 Å².